The van der Waals surface area contributed by atoms with Crippen molar-refractivity contribution in [3.05, 3.63) is 64.7 Å². The van der Waals surface area contributed by atoms with Gasteiger partial charge in [0.25, 0.3) is 0 Å². The van der Waals surface area contributed by atoms with Crippen LogP contribution in [0.25, 0.3) is 12.2 Å². The maximum atomic E-state index is 5.88. The van der Waals surface area contributed by atoms with E-state index < -0.39 is 0 Å². The molecule has 0 atom stereocenters. The smallest absolute Gasteiger partial charge is 0.142 e. The number of nitrogens with zero attached hydrogens (tertiary/aromatic N) is 1. The Morgan fingerprint density at radius 3 is 2.00 bits per heavy atom. The molecule has 0 bridgehead atoms. The van der Waals surface area contributed by atoms with Crippen molar-refractivity contribution < 1.29 is 4.74 Å². The first-order valence-electron chi connectivity index (χ1n) is 7.68. The monoisotopic (exact) mass is 313 g/mol. The first kappa shape index (κ1) is 15.1. The largest absolute Gasteiger partial charge is 0.478 e. The minimum absolute atomic E-state index is 0.694. The molecule has 0 spiro atoms. The highest BCUT2D eigenvalue weighted by atomic mass is 35.5. The Bertz CT molecular complexity index is 613. The van der Waals surface area contributed by atoms with Gasteiger partial charge in [-0.1, -0.05) is 48.0 Å². The number of hydrogen-bond donors (Lipinski definition) is 0. The highest BCUT2D eigenvalue weighted by Gasteiger charge is 2.11. The molecule has 1 fully saturated rings. The topological polar surface area (TPSA) is 12.5 Å². The summed E-state index contributed by atoms with van der Waals surface area (Å²) in [6.45, 7) is 3.00. The molecule has 3 rings (SSSR count). The van der Waals surface area contributed by atoms with E-state index in [1.165, 1.54) is 12.8 Å². The van der Waals surface area contributed by atoms with Crippen molar-refractivity contribution in [2.45, 2.75) is 12.8 Å². The van der Waals surface area contributed by atoms with Crippen LogP contribution in [0.5, 0.6) is 5.75 Å². The first-order chi connectivity index (χ1) is 10.8. The van der Waals surface area contributed by atoms with Crippen LogP contribution in [0.1, 0.15) is 24.0 Å². The second-order valence-electron chi connectivity index (χ2n) is 5.55. The molecule has 1 heterocycles. The number of likely N-dealkylation sites (tertiary alicyclic amines) is 1. The van der Waals surface area contributed by atoms with E-state index in [2.05, 4.69) is 29.2 Å². The van der Waals surface area contributed by atoms with E-state index in [1.807, 2.05) is 36.4 Å². The van der Waals surface area contributed by atoms with Gasteiger partial charge in [-0.2, -0.15) is 0 Å². The molecule has 0 aromatic heterocycles. The van der Waals surface area contributed by atoms with Crippen molar-refractivity contribution >= 4 is 23.8 Å². The summed E-state index contributed by atoms with van der Waals surface area (Å²) in [4.78, 5) is 2.34. The molecule has 1 aliphatic rings. The third-order valence-corrected chi connectivity index (χ3v) is 4.08. The van der Waals surface area contributed by atoms with Gasteiger partial charge >= 0.3 is 0 Å². The molecule has 0 aliphatic carbocycles. The van der Waals surface area contributed by atoms with Gasteiger partial charge in [0.15, 0.2) is 0 Å². The van der Waals surface area contributed by atoms with Gasteiger partial charge in [-0.25, -0.2) is 0 Å². The van der Waals surface area contributed by atoms with Gasteiger partial charge in [0.1, 0.15) is 12.5 Å². The van der Waals surface area contributed by atoms with E-state index in [-0.39, 0.29) is 0 Å². The maximum absolute atomic E-state index is 5.88. The highest BCUT2D eigenvalue weighted by molar-refractivity contribution is 6.30. The summed E-state index contributed by atoms with van der Waals surface area (Å²) in [5.74, 6) is 0.926. The summed E-state index contributed by atoms with van der Waals surface area (Å²) < 4.78 is 5.81. The number of hydrogen-bond acceptors (Lipinski definition) is 2. The van der Waals surface area contributed by atoms with Gasteiger partial charge in [-0.3, -0.25) is 4.90 Å². The van der Waals surface area contributed by atoms with Gasteiger partial charge < -0.3 is 4.74 Å². The maximum Gasteiger partial charge on any atom is 0.142 e. The van der Waals surface area contributed by atoms with Crippen molar-refractivity contribution in [1.29, 1.82) is 0 Å². The molecule has 2 nitrogen and oxygen atoms in total. The summed E-state index contributed by atoms with van der Waals surface area (Å²) in [6, 6.07) is 16.0. The molecule has 1 saturated heterocycles. The predicted octanol–water partition coefficient (Wildman–Crippen LogP) is 4.94. The third kappa shape index (κ3) is 4.36. The predicted molar refractivity (Wildman–Crippen MR) is 93.1 cm³/mol. The molecule has 0 unspecified atom stereocenters. The van der Waals surface area contributed by atoms with Crippen LogP contribution in [0.3, 0.4) is 0 Å². The summed E-state index contributed by atoms with van der Waals surface area (Å²) >= 11 is 5.88. The Morgan fingerprint density at radius 1 is 0.864 bits per heavy atom. The van der Waals surface area contributed by atoms with Crippen molar-refractivity contribution in [2.75, 3.05) is 19.8 Å². The molecule has 3 heteroatoms. The van der Waals surface area contributed by atoms with Gasteiger partial charge in [-0.15, -0.1) is 0 Å². The number of rotatable bonds is 5. The molecule has 1 aliphatic heterocycles. The van der Waals surface area contributed by atoms with E-state index in [0.29, 0.717) is 6.73 Å². The Morgan fingerprint density at radius 2 is 1.41 bits per heavy atom. The van der Waals surface area contributed by atoms with Gasteiger partial charge in [0.05, 0.1) is 0 Å². The SMILES string of the molecule is Clc1ccc(C=Cc2ccc(OCN3CCCC3)cc2)cc1. The van der Waals surface area contributed by atoms with Gasteiger partial charge in [0, 0.05) is 18.1 Å². The molecule has 0 N–H and O–H groups in total. The zero-order valence-corrected chi connectivity index (χ0v) is 13.3. The summed E-state index contributed by atoms with van der Waals surface area (Å²) in [7, 11) is 0. The van der Waals surface area contributed by atoms with Crippen LogP contribution >= 0.6 is 11.6 Å². The van der Waals surface area contributed by atoms with Crippen molar-refractivity contribution in [2.24, 2.45) is 0 Å². The molecule has 22 heavy (non-hydrogen) atoms. The number of ether oxygens (including phenoxy) is 1. The minimum Gasteiger partial charge on any atom is -0.478 e. The van der Waals surface area contributed by atoms with E-state index in [4.69, 9.17) is 16.3 Å². The Kier molecular flexibility index (Phi) is 5.15. The molecule has 114 valence electrons. The quantitative estimate of drug-likeness (QED) is 0.725. The second-order valence-corrected chi connectivity index (χ2v) is 5.99. The Labute approximate surface area is 137 Å². The Hall–Kier alpha value is -1.77. The number of benzene rings is 2. The lowest BCUT2D eigenvalue weighted by Gasteiger charge is -2.15. The molecule has 0 radical (unpaired) electrons. The highest BCUT2D eigenvalue weighted by Crippen LogP contribution is 2.17. The number of halogens is 1. The van der Waals surface area contributed by atoms with Crippen LogP contribution in [-0.4, -0.2) is 24.7 Å². The van der Waals surface area contributed by atoms with Crippen LogP contribution in [0, 0.1) is 0 Å². The summed E-state index contributed by atoms with van der Waals surface area (Å²) in [6.07, 6.45) is 6.75. The van der Waals surface area contributed by atoms with Crippen LogP contribution in [0.4, 0.5) is 0 Å². The van der Waals surface area contributed by atoms with Crippen molar-refractivity contribution in [3.63, 3.8) is 0 Å². The van der Waals surface area contributed by atoms with E-state index in [0.717, 1.165) is 35.0 Å². The third-order valence-electron chi connectivity index (χ3n) is 3.83. The summed E-state index contributed by atoms with van der Waals surface area (Å²) in [5.41, 5.74) is 2.29. The van der Waals surface area contributed by atoms with Crippen LogP contribution < -0.4 is 4.74 Å². The average Bonchev–Trinajstić information content (AvgIpc) is 3.07. The molecule has 2 aromatic carbocycles. The molecule has 2 aromatic rings. The molecule has 0 amide bonds. The lowest BCUT2D eigenvalue weighted by atomic mass is 10.1. The summed E-state index contributed by atoms with van der Waals surface area (Å²) in [5, 5.41) is 0.761. The minimum atomic E-state index is 0.694. The van der Waals surface area contributed by atoms with E-state index in [1.54, 1.807) is 0 Å². The van der Waals surface area contributed by atoms with Crippen LogP contribution in [-0.2, 0) is 0 Å². The average molecular weight is 314 g/mol. The zero-order valence-electron chi connectivity index (χ0n) is 12.5. The Balaban J connectivity index is 1.55. The van der Waals surface area contributed by atoms with Crippen molar-refractivity contribution in [1.82, 2.24) is 4.90 Å². The molecular weight excluding hydrogens is 294 g/mol. The van der Waals surface area contributed by atoms with Crippen LogP contribution in [0.2, 0.25) is 5.02 Å². The zero-order chi connectivity index (χ0) is 15.2. The molecular formula is C19H20ClNO. The van der Waals surface area contributed by atoms with Gasteiger partial charge in [-0.05, 0) is 48.2 Å². The molecule has 0 saturated carbocycles. The standard InChI is InChI=1S/C19H20ClNO/c20-18-9-5-16(6-10-18)3-4-17-7-11-19(12-8-17)22-15-21-13-1-2-14-21/h3-12H,1-2,13-15H2. The van der Waals surface area contributed by atoms with E-state index in [9.17, 15) is 0 Å². The fourth-order valence-corrected chi connectivity index (χ4v) is 2.65. The fourth-order valence-electron chi connectivity index (χ4n) is 2.52. The van der Waals surface area contributed by atoms with Crippen molar-refractivity contribution in [3.8, 4) is 5.75 Å². The van der Waals surface area contributed by atoms with Gasteiger partial charge in [0.2, 0.25) is 0 Å². The lowest BCUT2D eigenvalue weighted by Crippen LogP contribution is -2.24. The van der Waals surface area contributed by atoms with Crippen LogP contribution in [0.15, 0.2) is 48.5 Å². The fraction of sp³-hybridized carbons (Fsp3) is 0.263. The second kappa shape index (κ2) is 7.48. The normalized spacial score (nSPS) is 15.5. The first-order valence-corrected chi connectivity index (χ1v) is 8.06. The lowest BCUT2D eigenvalue weighted by molar-refractivity contribution is 0.152. The van der Waals surface area contributed by atoms with E-state index >= 15 is 0 Å².